The molecule has 2 aliphatic rings. The smallest absolute Gasteiger partial charge is 0.453 e. The molecule has 0 atom stereocenters. The number of likely N-dealkylation sites (tertiary alicyclic amines) is 1. The summed E-state index contributed by atoms with van der Waals surface area (Å²) < 4.78 is 95.3. The third kappa shape index (κ3) is 6.29. The predicted octanol–water partition coefficient (Wildman–Crippen LogP) is 5.39. The number of hydrogen-bond acceptors (Lipinski definition) is 7. The molecule has 0 unspecified atom stereocenters. The molecule has 7 nitrogen and oxygen atoms in total. The van der Waals surface area contributed by atoms with Crippen LogP contribution in [0.2, 0.25) is 0 Å². The number of carbonyl (C=O) groups is 1. The number of halogens is 5. The predicted molar refractivity (Wildman–Crippen MR) is 136 cm³/mol. The third-order valence-corrected chi connectivity index (χ3v) is 9.73. The molecular weight excluding hydrogens is 557 g/mol. The van der Waals surface area contributed by atoms with Crippen molar-refractivity contribution < 1.29 is 39.9 Å². The van der Waals surface area contributed by atoms with Gasteiger partial charge in [-0.2, -0.15) is 22.0 Å². The Morgan fingerprint density at radius 1 is 1.00 bits per heavy atom. The third-order valence-electron chi connectivity index (χ3n) is 7.23. The summed E-state index contributed by atoms with van der Waals surface area (Å²) in [6, 6.07) is 6.13. The fourth-order valence-corrected chi connectivity index (χ4v) is 6.66. The fourth-order valence-electron chi connectivity index (χ4n) is 4.73. The maximum Gasteiger partial charge on any atom is 0.453 e. The summed E-state index contributed by atoms with van der Waals surface area (Å²) in [5.41, 5.74) is -0.183. The standard InChI is InChI=1S/C27H32F5N3O4S/c1-24(2,3)39-23(36)25(12-14-35(15-13-25)20-6-7-20)40(37,38)21-8-4-18(5-9-21)22-17-33-19(16-34-22)10-11-26(28,29)27(30,31)32/h4-5,8-9,16-17,20H,6-7,10-15H2,1-3H3. The quantitative estimate of drug-likeness (QED) is 0.302. The van der Waals surface area contributed by atoms with Gasteiger partial charge in [-0.3, -0.25) is 14.8 Å². The summed E-state index contributed by atoms with van der Waals surface area (Å²) in [5.74, 6) is -5.60. The lowest BCUT2D eigenvalue weighted by atomic mass is 9.95. The van der Waals surface area contributed by atoms with Crippen LogP contribution in [0.1, 0.15) is 58.6 Å². The van der Waals surface area contributed by atoms with Crippen molar-refractivity contribution in [3.8, 4) is 11.3 Å². The maximum atomic E-state index is 14.0. The van der Waals surface area contributed by atoms with Gasteiger partial charge < -0.3 is 9.64 Å². The molecule has 0 N–H and O–H groups in total. The summed E-state index contributed by atoms with van der Waals surface area (Å²) in [7, 11) is -4.16. The van der Waals surface area contributed by atoms with Gasteiger partial charge in [0, 0.05) is 37.3 Å². The number of benzene rings is 1. The second-order valence-corrected chi connectivity index (χ2v) is 13.6. The van der Waals surface area contributed by atoms with Crippen LogP contribution in [-0.2, 0) is 25.8 Å². The lowest BCUT2D eigenvalue weighted by molar-refractivity contribution is -0.284. The highest BCUT2D eigenvalue weighted by molar-refractivity contribution is 7.93. The Kier molecular flexibility index (Phi) is 8.05. The molecule has 40 heavy (non-hydrogen) atoms. The highest BCUT2D eigenvalue weighted by atomic mass is 32.2. The molecule has 1 aliphatic carbocycles. The number of carbonyl (C=O) groups excluding carboxylic acids is 1. The van der Waals surface area contributed by atoms with Crippen LogP contribution < -0.4 is 0 Å². The van der Waals surface area contributed by atoms with Crippen molar-refractivity contribution in [1.29, 1.82) is 0 Å². The summed E-state index contributed by atoms with van der Waals surface area (Å²) in [6.07, 6.45) is -3.02. The molecule has 2 aromatic rings. The zero-order chi connectivity index (χ0) is 29.6. The summed E-state index contributed by atoms with van der Waals surface area (Å²) >= 11 is 0. The topological polar surface area (TPSA) is 89.5 Å². The number of hydrogen-bond donors (Lipinski definition) is 0. The van der Waals surface area contributed by atoms with Crippen molar-refractivity contribution in [2.75, 3.05) is 13.1 Å². The fraction of sp³-hybridized carbons (Fsp3) is 0.593. The molecular formula is C27H32F5N3O4S. The lowest BCUT2D eigenvalue weighted by Crippen LogP contribution is -2.56. The first kappa shape index (κ1) is 30.3. The number of aromatic nitrogens is 2. The number of nitrogens with zero attached hydrogens (tertiary/aromatic N) is 3. The number of esters is 1. The van der Waals surface area contributed by atoms with E-state index in [2.05, 4.69) is 14.9 Å². The second kappa shape index (κ2) is 10.6. The van der Waals surface area contributed by atoms with Crippen LogP contribution in [0.3, 0.4) is 0 Å². The van der Waals surface area contributed by atoms with E-state index in [0.29, 0.717) is 24.7 Å². The Hall–Kier alpha value is -2.67. The largest absolute Gasteiger partial charge is 0.459 e. The van der Waals surface area contributed by atoms with Crippen LogP contribution in [0.5, 0.6) is 0 Å². The van der Waals surface area contributed by atoms with Gasteiger partial charge in [0.05, 0.1) is 22.5 Å². The Morgan fingerprint density at radius 2 is 1.60 bits per heavy atom. The van der Waals surface area contributed by atoms with Crippen molar-refractivity contribution in [2.24, 2.45) is 0 Å². The van der Waals surface area contributed by atoms with Gasteiger partial charge in [0.1, 0.15) is 5.60 Å². The Labute approximate surface area is 230 Å². The van der Waals surface area contributed by atoms with Gasteiger partial charge in [-0.1, -0.05) is 12.1 Å². The van der Waals surface area contributed by atoms with Gasteiger partial charge in [-0.05, 0) is 65.0 Å². The van der Waals surface area contributed by atoms with Gasteiger partial charge in [-0.15, -0.1) is 0 Å². The minimum absolute atomic E-state index is 0.0382. The minimum atomic E-state index is -5.64. The van der Waals surface area contributed by atoms with Gasteiger partial charge >= 0.3 is 18.1 Å². The van der Waals surface area contributed by atoms with Crippen LogP contribution in [0.15, 0.2) is 41.6 Å². The first-order valence-electron chi connectivity index (χ1n) is 13.0. The molecule has 1 aromatic carbocycles. The Balaban J connectivity index is 1.53. The number of rotatable bonds is 8. The molecule has 1 saturated heterocycles. The van der Waals surface area contributed by atoms with E-state index in [1.54, 1.807) is 20.8 Å². The van der Waals surface area contributed by atoms with Gasteiger partial charge in [0.2, 0.25) is 0 Å². The Morgan fingerprint density at radius 3 is 2.08 bits per heavy atom. The monoisotopic (exact) mass is 589 g/mol. The zero-order valence-electron chi connectivity index (χ0n) is 22.5. The Bertz CT molecular complexity index is 1310. The molecule has 2 fully saturated rings. The lowest BCUT2D eigenvalue weighted by Gasteiger charge is -2.40. The molecule has 0 spiro atoms. The van der Waals surface area contributed by atoms with Gasteiger partial charge in [0.15, 0.2) is 14.6 Å². The SMILES string of the molecule is CC(C)(C)OC(=O)C1(S(=O)(=O)c2ccc(-c3cnc(CCC(F)(F)C(F)(F)F)cn3)cc2)CCN(C2CC2)CC1. The van der Waals surface area contributed by atoms with Crippen LogP contribution in [0, 0.1) is 0 Å². The van der Waals surface area contributed by atoms with Crippen LogP contribution in [0.25, 0.3) is 11.3 Å². The van der Waals surface area contributed by atoms with Crippen molar-refractivity contribution in [1.82, 2.24) is 14.9 Å². The molecule has 0 radical (unpaired) electrons. The first-order chi connectivity index (χ1) is 18.5. The van der Waals surface area contributed by atoms with Crippen LogP contribution in [0.4, 0.5) is 22.0 Å². The van der Waals surface area contributed by atoms with E-state index >= 15 is 0 Å². The zero-order valence-corrected chi connectivity index (χ0v) is 23.3. The summed E-state index contributed by atoms with van der Waals surface area (Å²) in [5, 5.41) is 0. The number of ether oxygens (including phenoxy) is 1. The van der Waals surface area contributed by atoms with E-state index in [0.717, 1.165) is 19.0 Å². The minimum Gasteiger partial charge on any atom is -0.459 e. The molecule has 13 heteroatoms. The molecule has 1 aliphatic heterocycles. The maximum absolute atomic E-state index is 14.0. The van der Waals surface area contributed by atoms with E-state index in [1.807, 2.05) is 0 Å². The molecule has 0 bridgehead atoms. The van der Waals surface area contributed by atoms with Crippen molar-refractivity contribution in [2.45, 2.75) is 92.7 Å². The van der Waals surface area contributed by atoms with Gasteiger partial charge in [0.25, 0.3) is 0 Å². The van der Waals surface area contributed by atoms with Crippen molar-refractivity contribution in [3.63, 3.8) is 0 Å². The molecule has 4 rings (SSSR count). The highest BCUT2D eigenvalue weighted by Gasteiger charge is 2.57. The van der Waals surface area contributed by atoms with Crippen molar-refractivity contribution in [3.05, 3.63) is 42.4 Å². The number of sulfone groups is 1. The molecule has 2 heterocycles. The molecule has 1 saturated carbocycles. The number of aryl methyl sites for hydroxylation is 1. The van der Waals surface area contributed by atoms with E-state index < -0.39 is 51.1 Å². The normalized spacial score (nSPS) is 18.9. The second-order valence-electron chi connectivity index (χ2n) is 11.4. The average molecular weight is 590 g/mol. The van der Waals surface area contributed by atoms with Crippen molar-refractivity contribution >= 4 is 15.8 Å². The number of piperidine rings is 1. The van der Waals surface area contributed by atoms with Crippen LogP contribution >= 0.6 is 0 Å². The number of alkyl halides is 5. The van der Waals surface area contributed by atoms with E-state index in [1.165, 1.54) is 30.5 Å². The first-order valence-corrected chi connectivity index (χ1v) is 14.5. The van der Waals surface area contributed by atoms with Crippen LogP contribution in [-0.4, -0.2) is 70.8 Å². The molecule has 0 amide bonds. The van der Waals surface area contributed by atoms with E-state index in [9.17, 15) is 35.2 Å². The molecule has 220 valence electrons. The van der Waals surface area contributed by atoms with E-state index in [-0.39, 0.29) is 29.1 Å². The summed E-state index contributed by atoms with van der Waals surface area (Å²) in [6.45, 7) is 6.00. The van der Waals surface area contributed by atoms with Gasteiger partial charge in [-0.25, -0.2) is 8.42 Å². The summed E-state index contributed by atoms with van der Waals surface area (Å²) in [4.78, 5) is 23.6. The highest BCUT2D eigenvalue weighted by Crippen LogP contribution is 2.41. The average Bonchev–Trinajstić information content (AvgIpc) is 3.72. The molecule has 1 aromatic heterocycles. The van der Waals surface area contributed by atoms with E-state index in [4.69, 9.17) is 4.74 Å².